The number of ether oxygens (including phenoxy) is 1. The van der Waals surface area contributed by atoms with E-state index in [-0.39, 0.29) is 24.2 Å². The second kappa shape index (κ2) is 8.37. The van der Waals surface area contributed by atoms with Crippen molar-refractivity contribution < 1.29 is 23.9 Å². The summed E-state index contributed by atoms with van der Waals surface area (Å²) < 4.78 is 4.81. The van der Waals surface area contributed by atoms with Crippen LogP contribution in [0.3, 0.4) is 0 Å². The van der Waals surface area contributed by atoms with Crippen LogP contribution in [-0.4, -0.2) is 30.2 Å². The van der Waals surface area contributed by atoms with E-state index in [1.807, 2.05) is 0 Å². The number of carbonyl (C=O) groups excluding carboxylic acids is 4. The third kappa shape index (κ3) is 5.00. The normalized spacial score (nSPS) is 10.2. The van der Waals surface area contributed by atoms with Crippen molar-refractivity contribution in [2.75, 3.05) is 11.9 Å². The zero-order valence-electron chi connectivity index (χ0n) is 12.4. The molecule has 2 aromatic heterocycles. The Morgan fingerprint density at radius 2 is 1.88 bits per heavy atom. The molecule has 2 amide bonds. The maximum absolute atomic E-state index is 11.7. The highest BCUT2D eigenvalue weighted by atomic mass is 32.1. The Morgan fingerprint density at radius 1 is 1.08 bits per heavy atom. The fraction of sp³-hybridized carbons (Fsp3) is 0.200. The van der Waals surface area contributed by atoms with Gasteiger partial charge < -0.3 is 15.8 Å². The molecule has 0 saturated carbocycles. The minimum Gasteiger partial charge on any atom is -0.456 e. The number of primary amides is 1. The first-order valence-corrected chi connectivity index (χ1v) is 8.62. The second-order valence-electron chi connectivity index (χ2n) is 4.64. The summed E-state index contributed by atoms with van der Waals surface area (Å²) in [4.78, 5) is 46.8. The molecular formula is C15H14N2O5S2. The molecule has 7 nitrogen and oxygen atoms in total. The van der Waals surface area contributed by atoms with Gasteiger partial charge in [-0.1, -0.05) is 6.07 Å². The lowest BCUT2D eigenvalue weighted by atomic mass is 10.2. The first-order valence-electron chi connectivity index (χ1n) is 6.87. The standard InChI is InChI=1S/C15H14N2O5S2/c16-14(21)9-5-7-24-15(9)17-12(19)8-22-13(20)4-3-10(18)11-2-1-6-23-11/h1-2,5-7H,3-4,8H2,(H2,16,21)(H,17,19). The first-order chi connectivity index (χ1) is 11.5. The van der Waals surface area contributed by atoms with Crippen molar-refractivity contribution in [1.29, 1.82) is 0 Å². The third-order valence-electron chi connectivity index (χ3n) is 2.90. The van der Waals surface area contributed by atoms with Crippen LogP contribution in [0.1, 0.15) is 32.9 Å². The minimum atomic E-state index is -0.657. The van der Waals surface area contributed by atoms with E-state index < -0.39 is 24.4 Å². The van der Waals surface area contributed by atoms with Crippen molar-refractivity contribution in [1.82, 2.24) is 0 Å². The molecule has 0 aromatic carbocycles. The van der Waals surface area contributed by atoms with Crippen LogP contribution in [0.4, 0.5) is 5.00 Å². The Bertz CT molecular complexity index is 752. The first kappa shape index (κ1) is 17.8. The van der Waals surface area contributed by atoms with E-state index in [1.54, 1.807) is 22.9 Å². The van der Waals surface area contributed by atoms with Crippen molar-refractivity contribution in [3.63, 3.8) is 0 Å². The molecule has 0 radical (unpaired) electrons. The van der Waals surface area contributed by atoms with Crippen molar-refractivity contribution in [3.8, 4) is 0 Å². The van der Waals surface area contributed by atoms with Gasteiger partial charge in [-0.25, -0.2) is 0 Å². The lowest BCUT2D eigenvalue weighted by molar-refractivity contribution is -0.147. The number of ketones is 1. The number of Topliss-reactive ketones (excluding diaryl/α,β-unsaturated/α-hetero) is 1. The van der Waals surface area contributed by atoms with Gasteiger partial charge >= 0.3 is 5.97 Å². The summed E-state index contributed by atoms with van der Waals surface area (Å²) in [5.41, 5.74) is 5.36. The Balaban J connectivity index is 1.73. The van der Waals surface area contributed by atoms with Crippen molar-refractivity contribution in [2.24, 2.45) is 5.73 Å². The fourth-order valence-electron chi connectivity index (χ4n) is 1.76. The number of esters is 1. The number of anilines is 1. The highest BCUT2D eigenvalue weighted by Gasteiger charge is 2.15. The number of thiophene rings is 2. The molecule has 2 aromatic rings. The SMILES string of the molecule is NC(=O)c1ccsc1NC(=O)COC(=O)CCC(=O)c1cccs1. The number of rotatable bonds is 8. The molecule has 0 unspecified atom stereocenters. The Labute approximate surface area is 145 Å². The molecule has 0 aliphatic heterocycles. The summed E-state index contributed by atoms with van der Waals surface area (Å²) in [7, 11) is 0. The lowest BCUT2D eigenvalue weighted by Gasteiger charge is -2.06. The lowest BCUT2D eigenvalue weighted by Crippen LogP contribution is -2.22. The molecule has 0 atom stereocenters. The number of carbonyl (C=O) groups is 4. The van der Waals surface area contributed by atoms with Crippen LogP contribution in [-0.2, 0) is 14.3 Å². The average Bonchev–Trinajstić information content (AvgIpc) is 3.21. The van der Waals surface area contributed by atoms with Crippen molar-refractivity contribution >= 4 is 51.2 Å². The van der Waals surface area contributed by atoms with Gasteiger partial charge in [0, 0.05) is 6.42 Å². The zero-order valence-corrected chi connectivity index (χ0v) is 14.1. The second-order valence-corrected chi connectivity index (χ2v) is 6.50. The van der Waals surface area contributed by atoms with Crippen LogP contribution in [0.15, 0.2) is 29.0 Å². The van der Waals surface area contributed by atoms with Gasteiger partial charge in [-0.05, 0) is 22.9 Å². The molecule has 0 fully saturated rings. The van der Waals surface area contributed by atoms with E-state index in [0.717, 1.165) is 11.3 Å². The average molecular weight is 366 g/mol. The Morgan fingerprint density at radius 3 is 2.54 bits per heavy atom. The highest BCUT2D eigenvalue weighted by Crippen LogP contribution is 2.22. The molecule has 0 bridgehead atoms. The number of amides is 2. The monoisotopic (exact) mass is 366 g/mol. The summed E-state index contributed by atoms with van der Waals surface area (Å²) in [6.45, 7) is -0.498. The molecule has 0 saturated heterocycles. The minimum absolute atomic E-state index is 0.0255. The van der Waals surface area contributed by atoms with Gasteiger partial charge in [0.1, 0.15) is 5.00 Å². The van der Waals surface area contributed by atoms with Crippen LogP contribution in [0.2, 0.25) is 0 Å². The van der Waals surface area contributed by atoms with E-state index in [0.29, 0.717) is 9.88 Å². The number of hydrogen-bond acceptors (Lipinski definition) is 7. The third-order valence-corrected chi connectivity index (χ3v) is 4.64. The summed E-state index contributed by atoms with van der Waals surface area (Å²) in [6, 6.07) is 4.93. The van der Waals surface area contributed by atoms with E-state index in [1.165, 1.54) is 17.4 Å². The molecule has 126 valence electrons. The molecule has 9 heteroatoms. The molecule has 24 heavy (non-hydrogen) atoms. The van der Waals surface area contributed by atoms with E-state index in [2.05, 4.69) is 5.32 Å². The molecule has 2 rings (SSSR count). The quantitative estimate of drug-likeness (QED) is 0.548. The molecular weight excluding hydrogens is 352 g/mol. The zero-order chi connectivity index (χ0) is 17.5. The van der Waals surface area contributed by atoms with E-state index in [4.69, 9.17) is 10.5 Å². The largest absolute Gasteiger partial charge is 0.456 e. The summed E-state index contributed by atoms with van der Waals surface area (Å²) >= 11 is 2.44. The van der Waals surface area contributed by atoms with Gasteiger partial charge in [-0.3, -0.25) is 19.2 Å². The van der Waals surface area contributed by atoms with Crippen LogP contribution in [0, 0.1) is 0 Å². The summed E-state index contributed by atoms with van der Waals surface area (Å²) in [5.74, 6) is -2.03. The number of nitrogens with two attached hydrogens (primary N) is 1. The van der Waals surface area contributed by atoms with Gasteiger partial charge in [0.15, 0.2) is 12.4 Å². The van der Waals surface area contributed by atoms with Gasteiger partial charge in [-0.2, -0.15) is 0 Å². The Kier molecular flexibility index (Phi) is 6.21. The predicted molar refractivity (Wildman–Crippen MR) is 90.3 cm³/mol. The van der Waals surface area contributed by atoms with Crippen molar-refractivity contribution in [2.45, 2.75) is 12.8 Å². The number of hydrogen-bond donors (Lipinski definition) is 2. The van der Waals surface area contributed by atoms with E-state index >= 15 is 0 Å². The van der Waals surface area contributed by atoms with Gasteiger partial charge in [0.25, 0.3) is 11.8 Å². The van der Waals surface area contributed by atoms with Gasteiger partial charge in [0.05, 0.1) is 16.9 Å². The summed E-state index contributed by atoms with van der Waals surface area (Å²) in [5, 5.41) is 6.14. The van der Waals surface area contributed by atoms with Crippen LogP contribution in [0.5, 0.6) is 0 Å². The predicted octanol–water partition coefficient (Wildman–Crippen LogP) is 2.05. The smallest absolute Gasteiger partial charge is 0.306 e. The number of nitrogens with one attached hydrogen (secondary N) is 1. The van der Waals surface area contributed by atoms with Gasteiger partial charge in [0.2, 0.25) is 0 Å². The van der Waals surface area contributed by atoms with Crippen LogP contribution in [0.25, 0.3) is 0 Å². The summed E-state index contributed by atoms with van der Waals surface area (Å²) in [6.07, 6.45) is -0.0761. The van der Waals surface area contributed by atoms with Crippen molar-refractivity contribution in [3.05, 3.63) is 39.4 Å². The molecule has 2 heterocycles. The topological polar surface area (TPSA) is 116 Å². The van der Waals surface area contributed by atoms with Crippen LogP contribution >= 0.6 is 22.7 Å². The molecule has 3 N–H and O–H groups in total. The molecule has 0 aliphatic carbocycles. The van der Waals surface area contributed by atoms with Crippen LogP contribution < -0.4 is 11.1 Å². The molecule has 0 spiro atoms. The fourth-order valence-corrected chi connectivity index (χ4v) is 3.26. The maximum atomic E-state index is 11.7. The maximum Gasteiger partial charge on any atom is 0.306 e. The van der Waals surface area contributed by atoms with Gasteiger partial charge in [-0.15, -0.1) is 22.7 Å². The highest BCUT2D eigenvalue weighted by molar-refractivity contribution is 7.14. The molecule has 0 aliphatic rings. The van der Waals surface area contributed by atoms with E-state index in [9.17, 15) is 19.2 Å². The Hall–Kier alpha value is -2.52.